The fraction of sp³-hybridized carbons (Fsp3) is 0.500. The van der Waals surface area contributed by atoms with Crippen LogP contribution in [-0.4, -0.2) is 42.4 Å². The van der Waals surface area contributed by atoms with Crippen molar-refractivity contribution in [3.63, 3.8) is 0 Å². The zero-order valence-corrected chi connectivity index (χ0v) is 11.7. The van der Waals surface area contributed by atoms with E-state index in [0.29, 0.717) is 13.2 Å². The topological polar surface area (TPSA) is 29.5 Å². The fourth-order valence-corrected chi connectivity index (χ4v) is 2.86. The number of aryl methyl sites for hydroxylation is 1. The summed E-state index contributed by atoms with van der Waals surface area (Å²) < 4.78 is 5.26. The number of morpholine rings is 1. The van der Waals surface area contributed by atoms with Crippen molar-refractivity contribution in [3.8, 4) is 0 Å². The molecule has 4 heteroatoms. The molecule has 3 nitrogen and oxygen atoms in total. The standard InChI is InChI=1S/C14H19NO2S/c1-11-3-5-13(6-4-11)18-12(2)14(16)15-7-9-17-10-8-15/h3-6,12H,7-10H2,1-2H3/t12-/m0/s1. The third-order valence-corrected chi connectivity index (χ3v) is 4.10. The Morgan fingerprint density at radius 1 is 1.28 bits per heavy atom. The molecular formula is C14H19NO2S. The summed E-state index contributed by atoms with van der Waals surface area (Å²) in [5.74, 6) is 0.212. The van der Waals surface area contributed by atoms with Crippen LogP contribution < -0.4 is 0 Å². The first-order valence-corrected chi connectivity index (χ1v) is 7.14. The molecule has 2 rings (SSSR count). The van der Waals surface area contributed by atoms with Crippen molar-refractivity contribution in [1.29, 1.82) is 0 Å². The summed E-state index contributed by atoms with van der Waals surface area (Å²) in [6, 6.07) is 8.30. The van der Waals surface area contributed by atoms with E-state index in [1.165, 1.54) is 5.56 Å². The van der Waals surface area contributed by atoms with E-state index in [4.69, 9.17) is 4.74 Å². The van der Waals surface area contributed by atoms with Crippen molar-refractivity contribution >= 4 is 17.7 Å². The predicted octanol–water partition coefficient (Wildman–Crippen LogP) is 2.33. The lowest BCUT2D eigenvalue weighted by molar-refractivity contribution is -0.134. The number of carbonyl (C=O) groups is 1. The maximum Gasteiger partial charge on any atom is 0.235 e. The van der Waals surface area contributed by atoms with Crippen molar-refractivity contribution < 1.29 is 9.53 Å². The van der Waals surface area contributed by atoms with Gasteiger partial charge in [0.2, 0.25) is 5.91 Å². The number of carbonyl (C=O) groups excluding carboxylic acids is 1. The molecule has 0 aromatic heterocycles. The summed E-state index contributed by atoms with van der Waals surface area (Å²) in [4.78, 5) is 15.3. The number of rotatable bonds is 3. The fourth-order valence-electron chi connectivity index (χ4n) is 1.91. The molecule has 0 aliphatic carbocycles. The van der Waals surface area contributed by atoms with Gasteiger partial charge in [-0.15, -0.1) is 11.8 Å². The Morgan fingerprint density at radius 2 is 1.89 bits per heavy atom. The Hall–Kier alpha value is -1.00. The molecule has 1 aromatic rings. The van der Waals surface area contributed by atoms with Gasteiger partial charge in [0.15, 0.2) is 0 Å². The zero-order valence-electron chi connectivity index (χ0n) is 10.9. The Labute approximate surface area is 113 Å². The van der Waals surface area contributed by atoms with Gasteiger partial charge in [0.25, 0.3) is 0 Å². The van der Waals surface area contributed by atoms with Gasteiger partial charge in [-0.2, -0.15) is 0 Å². The lowest BCUT2D eigenvalue weighted by Gasteiger charge is -2.29. The molecule has 0 N–H and O–H groups in total. The molecule has 1 aliphatic rings. The highest BCUT2D eigenvalue weighted by Crippen LogP contribution is 2.24. The lowest BCUT2D eigenvalue weighted by atomic mass is 10.2. The van der Waals surface area contributed by atoms with Crippen LogP contribution in [0.4, 0.5) is 0 Å². The van der Waals surface area contributed by atoms with E-state index in [0.717, 1.165) is 18.0 Å². The maximum absolute atomic E-state index is 12.2. The highest BCUT2D eigenvalue weighted by atomic mass is 32.2. The van der Waals surface area contributed by atoms with Crippen LogP contribution in [0.25, 0.3) is 0 Å². The molecule has 1 aromatic carbocycles. The van der Waals surface area contributed by atoms with Crippen molar-refractivity contribution in [1.82, 2.24) is 4.90 Å². The molecule has 0 radical (unpaired) electrons. The Kier molecular flexibility index (Phi) is 4.66. The third kappa shape index (κ3) is 3.50. The first kappa shape index (κ1) is 13.4. The second kappa shape index (κ2) is 6.25. The third-order valence-electron chi connectivity index (χ3n) is 3.00. The molecule has 1 fully saturated rings. The van der Waals surface area contributed by atoms with Gasteiger partial charge >= 0.3 is 0 Å². The molecule has 1 heterocycles. The number of amides is 1. The minimum Gasteiger partial charge on any atom is -0.378 e. The normalized spacial score (nSPS) is 17.6. The van der Waals surface area contributed by atoms with Gasteiger partial charge in [0.05, 0.1) is 18.5 Å². The summed E-state index contributed by atoms with van der Waals surface area (Å²) >= 11 is 1.62. The van der Waals surface area contributed by atoms with Crippen LogP contribution in [0.2, 0.25) is 0 Å². The summed E-state index contributed by atoms with van der Waals surface area (Å²) in [7, 11) is 0. The van der Waals surface area contributed by atoms with Gasteiger partial charge in [-0.1, -0.05) is 17.7 Å². The first-order valence-electron chi connectivity index (χ1n) is 6.26. The van der Waals surface area contributed by atoms with Crippen LogP contribution in [-0.2, 0) is 9.53 Å². The SMILES string of the molecule is Cc1ccc(S[C@@H](C)C(=O)N2CCOCC2)cc1. The van der Waals surface area contributed by atoms with Crippen LogP contribution in [0.15, 0.2) is 29.2 Å². The predicted molar refractivity (Wildman–Crippen MR) is 73.9 cm³/mol. The van der Waals surface area contributed by atoms with Crippen molar-refractivity contribution in [3.05, 3.63) is 29.8 Å². The second-order valence-electron chi connectivity index (χ2n) is 4.51. The van der Waals surface area contributed by atoms with Crippen molar-refractivity contribution in [2.75, 3.05) is 26.3 Å². The molecular weight excluding hydrogens is 246 g/mol. The van der Waals surface area contributed by atoms with Crippen LogP contribution in [0.5, 0.6) is 0 Å². The number of hydrogen-bond acceptors (Lipinski definition) is 3. The first-order chi connectivity index (χ1) is 8.66. The number of ether oxygens (including phenoxy) is 1. The quantitative estimate of drug-likeness (QED) is 0.786. The van der Waals surface area contributed by atoms with E-state index in [9.17, 15) is 4.79 Å². The van der Waals surface area contributed by atoms with E-state index in [1.54, 1.807) is 11.8 Å². The van der Waals surface area contributed by atoms with E-state index in [-0.39, 0.29) is 11.2 Å². The molecule has 1 atom stereocenters. The van der Waals surface area contributed by atoms with E-state index < -0.39 is 0 Å². The van der Waals surface area contributed by atoms with Gasteiger partial charge < -0.3 is 9.64 Å². The zero-order chi connectivity index (χ0) is 13.0. The molecule has 0 saturated carbocycles. The molecule has 0 unspecified atom stereocenters. The average Bonchev–Trinajstić information content (AvgIpc) is 2.41. The molecule has 1 amide bonds. The Bertz CT molecular complexity index is 399. The molecule has 1 aliphatic heterocycles. The summed E-state index contributed by atoms with van der Waals surface area (Å²) in [5.41, 5.74) is 1.24. The van der Waals surface area contributed by atoms with E-state index >= 15 is 0 Å². The highest BCUT2D eigenvalue weighted by molar-refractivity contribution is 8.00. The van der Waals surface area contributed by atoms with Gasteiger partial charge in [-0.25, -0.2) is 0 Å². The summed E-state index contributed by atoms with van der Waals surface area (Å²) in [6.07, 6.45) is 0. The minimum absolute atomic E-state index is 0.0363. The molecule has 0 bridgehead atoms. The van der Waals surface area contributed by atoms with E-state index in [1.807, 2.05) is 11.8 Å². The number of thioether (sulfide) groups is 1. The van der Waals surface area contributed by atoms with Gasteiger partial charge in [0, 0.05) is 18.0 Å². The van der Waals surface area contributed by atoms with Crippen LogP contribution >= 0.6 is 11.8 Å². The Balaban J connectivity index is 1.92. The summed E-state index contributed by atoms with van der Waals surface area (Å²) in [6.45, 7) is 6.80. The number of benzene rings is 1. The van der Waals surface area contributed by atoms with Gasteiger partial charge in [-0.05, 0) is 26.0 Å². The monoisotopic (exact) mass is 265 g/mol. The molecule has 1 saturated heterocycles. The molecule has 0 spiro atoms. The van der Waals surface area contributed by atoms with Crippen LogP contribution in [0.1, 0.15) is 12.5 Å². The molecule has 18 heavy (non-hydrogen) atoms. The maximum atomic E-state index is 12.2. The minimum atomic E-state index is -0.0363. The van der Waals surface area contributed by atoms with Crippen molar-refractivity contribution in [2.45, 2.75) is 24.0 Å². The highest BCUT2D eigenvalue weighted by Gasteiger charge is 2.22. The van der Waals surface area contributed by atoms with E-state index in [2.05, 4.69) is 31.2 Å². The Morgan fingerprint density at radius 3 is 2.50 bits per heavy atom. The van der Waals surface area contributed by atoms with Crippen molar-refractivity contribution in [2.24, 2.45) is 0 Å². The van der Waals surface area contributed by atoms with Gasteiger partial charge in [-0.3, -0.25) is 4.79 Å². The van der Waals surface area contributed by atoms with Crippen LogP contribution in [0, 0.1) is 6.92 Å². The number of nitrogens with zero attached hydrogens (tertiary/aromatic N) is 1. The largest absolute Gasteiger partial charge is 0.378 e. The smallest absolute Gasteiger partial charge is 0.235 e. The number of hydrogen-bond donors (Lipinski definition) is 0. The van der Waals surface area contributed by atoms with Crippen LogP contribution in [0.3, 0.4) is 0 Å². The second-order valence-corrected chi connectivity index (χ2v) is 5.93. The lowest BCUT2D eigenvalue weighted by Crippen LogP contribution is -2.44. The van der Waals surface area contributed by atoms with Gasteiger partial charge in [0.1, 0.15) is 0 Å². The summed E-state index contributed by atoms with van der Waals surface area (Å²) in [5, 5.41) is -0.0363. The average molecular weight is 265 g/mol. The molecule has 98 valence electrons.